The number of hydrogen-bond acceptors (Lipinski definition) is 3. The summed E-state index contributed by atoms with van der Waals surface area (Å²) < 4.78 is 0. The summed E-state index contributed by atoms with van der Waals surface area (Å²) in [4.78, 5) is 5.04. The molecule has 46 heavy (non-hydrogen) atoms. The number of fused-ring (bicyclic) bond motifs is 3. The minimum atomic E-state index is -0.149. The Kier molecular flexibility index (Phi) is 6.36. The predicted octanol–water partition coefficient (Wildman–Crippen LogP) is 10.2. The summed E-state index contributed by atoms with van der Waals surface area (Å²) in [6.07, 6.45) is -0.236. The second-order valence-electron chi connectivity index (χ2n) is 12.0. The van der Waals surface area contributed by atoms with Crippen LogP contribution in [0.5, 0.6) is 0 Å². The molecular formula is C43H31N3. The molecule has 1 aliphatic heterocycles. The Labute approximate surface area is 268 Å². The number of amidine groups is 1. The number of nitrogens with one attached hydrogen (secondary N) is 2. The fourth-order valence-electron chi connectivity index (χ4n) is 7.07. The minimum absolute atomic E-state index is 0.0871. The van der Waals surface area contributed by atoms with E-state index >= 15 is 0 Å². The third-order valence-corrected chi connectivity index (χ3v) is 9.33. The molecule has 218 valence electrons. The molecule has 7 aromatic carbocycles. The summed E-state index contributed by atoms with van der Waals surface area (Å²) in [6.45, 7) is 0. The highest BCUT2D eigenvalue weighted by Gasteiger charge is 2.26. The van der Waals surface area contributed by atoms with Crippen LogP contribution in [0.15, 0.2) is 169 Å². The number of hydrogen-bond donors (Lipinski definition) is 2. The molecule has 9 rings (SSSR count). The first-order valence-corrected chi connectivity index (χ1v) is 15.9. The van der Waals surface area contributed by atoms with Crippen molar-refractivity contribution in [3.05, 3.63) is 180 Å². The van der Waals surface area contributed by atoms with Crippen molar-refractivity contribution in [2.24, 2.45) is 4.99 Å². The molecule has 1 aliphatic carbocycles. The highest BCUT2D eigenvalue weighted by Crippen LogP contribution is 2.49. The third-order valence-electron chi connectivity index (χ3n) is 9.33. The van der Waals surface area contributed by atoms with Crippen LogP contribution in [0.4, 0.5) is 0 Å². The average Bonchev–Trinajstić information content (AvgIpc) is 3.47. The van der Waals surface area contributed by atoms with Gasteiger partial charge in [0, 0.05) is 5.56 Å². The van der Waals surface area contributed by atoms with E-state index in [0.29, 0.717) is 0 Å². The fourth-order valence-corrected chi connectivity index (χ4v) is 7.07. The maximum absolute atomic E-state index is 5.04. The maximum Gasteiger partial charge on any atom is 0.131 e. The smallest absolute Gasteiger partial charge is 0.131 e. The lowest BCUT2D eigenvalue weighted by atomic mass is 9.92. The van der Waals surface area contributed by atoms with E-state index in [9.17, 15) is 0 Å². The van der Waals surface area contributed by atoms with Crippen LogP contribution in [-0.4, -0.2) is 5.84 Å². The van der Waals surface area contributed by atoms with Gasteiger partial charge in [0.2, 0.25) is 0 Å². The van der Waals surface area contributed by atoms with Gasteiger partial charge < -0.3 is 5.32 Å². The van der Waals surface area contributed by atoms with Crippen LogP contribution in [0.1, 0.15) is 29.0 Å². The summed E-state index contributed by atoms with van der Waals surface area (Å²) in [5.74, 6) is 0.892. The average molecular weight is 590 g/mol. The zero-order valence-corrected chi connectivity index (χ0v) is 25.2. The Morgan fingerprint density at radius 2 is 1.02 bits per heavy atom. The summed E-state index contributed by atoms with van der Waals surface area (Å²) in [5, 5.41) is 10.0. The van der Waals surface area contributed by atoms with Crippen LogP contribution in [0.3, 0.4) is 0 Å². The van der Waals surface area contributed by atoms with Gasteiger partial charge in [0.15, 0.2) is 0 Å². The predicted molar refractivity (Wildman–Crippen MR) is 190 cm³/mol. The molecular weight excluding hydrogens is 558 g/mol. The van der Waals surface area contributed by atoms with Crippen molar-refractivity contribution in [1.29, 1.82) is 0 Å². The van der Waals surface area contributed by atoms with Gasteiger partial charge in [-0.2, -0.15) is 0 Å². The second kappa shape index (κ2) is 11.0. The molecule has 0 aromatic heterocycles. The van der Waals surface area contributed by atoms with E-state index in [-0.39, 0.29) is 12.3 Å². The molecule has 0 radical (unpaired) electrons. The molecule has 0 saturated heterocycles. The van der Waals surface area contributed by atoms with Crippen molar-refractivity contribution >= 4 is 16.6 Å². The molecule has 0 fully saturated rings. The van der Waals surface area contributed by atoms with Gasteiger partial charge in [0.1, 0.15) is 18.2 Å². The topological polar surface area (TPSA) is 36.4 Å². The molecule has 3 nitrogen and oxygen atoms in total. The molecule has 1 heterocycles. The van der Waals surface area contributed by atoms with Gasteiger partial charge in [-0.3, -0.25) is 5.32 Å². The first-order chi connectivity index (χ1) is 22.8. The quantitative estimate of drug-likeness (QED) is 0.210. The molecule has 2 unspecified atom stereocenters. The van der Waals surface area contributed by atoms with Gasteiger partial charge in [0.25, 0.3) is 0 Å². The third kappa shape index (κ3) is 4.52. The summed E-state index contributed by atoms with van der Waals surface area (Å²) in [7, 11) is 0. The first-order valence-electron chi connectivity index (χ1n) is 15.9. The lowest BCUT2D eigenvalue weighted by molar-refractivity contribution is 0.409. The fraction of sp³-hybridized carbons (Fsp3) is 0.0465. The highest BCUT2D eigenvalue weighted by molar-refractivity contribution is 6.18. The van der Waals surface area contributed by atoms with Gasteiger partial charge in [-0.15, -0.1) is 0 Å². The lowest BCUT2D eigenvalue weighted by Crippen LogP contribution is -2.44. The Hall–Kier alpha value is -5.77. The van der Waals surface area contributed by atoms with Crippen LogP contribution in [-0.2, 0) is 0 Å². The van der Waals surface area contributed by atoms with Crippen molar-refractivity contribution in [2.45, 2.75) is 12.3 Å². The number of rotatable bonds is 5. The number of benzene rings is 7. The zero-order valence-electron chi connectivity index (χ0n) is 25.2. The summed E-state index contributed by atoms with van der Waals surface area (Å²) in [6, 6.07) is 58.7. The van der Waals surface area contributed by atoms with Crippen LogP contribution < -0.4 is 10.6 Å². The van der Waals surface area contributed by atoms with Crippen molar-refractivity contribution in [1.82, 2.24) is 10.6 Å². The Balaban J connectivity index is 1.04. The minimum Gasteiger partial charge on any atom is -0.350 e. The van der Waals surface area contributed by atoms with E-state index in [2.05, 4.69) is 162 Å². The SMILES string of the molecule is c1ccc(C2=NC(c3ccccc3)NC(c3ccc(-c4cccc(-c5ccc6c7c(cccc57)-c5ccccc5-6)c4)cc3)N2)cc1. The molecule has 2 N–H and O–H groups in total. The molecule has 7 aromatic rings. The van der Waals surface area contributed by atoms with Crippen molar-refractivity contribution in [3.8, 4) is 44.5 Å². The first kappa shape index (κ1) is 26.6. The Bertz CT molecular complexity index is 2220. The van der Waals surface area contributed by atoms with Gasteiger partial charge in [-0.1, -0.05) is 158 Å². The zero-order chi connectivity index (χ0) is 30.5. The molecule has 3 heteroatoms. The molecule has 0 spiro atoms. The molecule has 2 atom stereocenters. The number of aliphatic imine (C=N–C) groups is 1. The van der Waals surface area contributed by atoms with E-state index in [4.69, 9.17) is 4.99 Å². The highest BCUT2D eigenvalue weighted by atomic mass is 15.3. The summed E-state index contributed by atoms with van der Waals surface area (Å²) in [5.41, 5.74) is 13.6. The van der Waals surface area contributed by atoms with Gasteiger partial charge in [0.05, 0.1) is 0 Å². The lowest BCUT2D eigenvalue weighted by Gasteiger charge is -2.32. The molecule has 2 aliphatic rings. The van der Waals surface area contributed by atoms with Gasteiger partial charge in [-0.25, -0.2) is 4.99 Å². The van der Waals surface area contributed by atoms with Gasteiger partial charge >= 0.3 is 0 Å². The van der Waals surface area contributed by atoms with E-state index < -0.39 is 0 Å². The van der Waals surface area contributed by atoms with E-state index in [0.717, 1.165) is 22.5 Å². The normalized spacial score (nSPS) is 16.5. The van der Waals surface area contributed by atoms with E-state index in [1.54, 1.807) is 0 Å². The van der Waals surface area contributed by atoms with Crippen LogP contribution in [0, 0.1) is 0 Å². The Morgan fingerprint density at radius 1 is 0.413 bits per heavy atom. The van der Waals surface area contributed by atoms with Crippen LogP contribution in [0.2, 0.25) is 0 Å². The monoisotopic (exact) mass is 589 g/mol. The van der Waals surface area contributed by atoms with Crippen molar-refractivity contribution in [3.63, 3.8) is 0 Å². The number of nitrogens with zero attached hydrogens (tertiary/aromatic N) is 1. The van der Waals surface area contributed by atoms with Crippen LogP contribution in [0.25, 0.3) is 55.3 Å². The van der Waals surface area contributed by atoms with Crippen molar-refractivity contribution in [2.75, 3.05) is 0 Å². The van der Waals surface area contributed by atoms with Gasteiger partial charge in [-0.05, 0) is 72.5 Å². The standard InChI is InChI=1S/C43H31N3/c1-3-11-29(12-4-1)41-44-42(30-13-5-2-6-14-30)46-43(45-41)31-23-21-28(22-24-31)32-15-9-16-33(27-32)34-25-26-39-36-18-8-7-17-35(36)38-20-10-19-37(34)40(38)39/h1-27,41,43,45H,(H,44,46). The maximum atomic E-state index is 5.04. The largest absolute Gasteiger partial charge is 0.350 e. The molecule has 0 saturated carbocycles. The molecule has 0 bridgehead atoms. The van der Waals surface area contributed by atoms with E-state index in [1.165, 1.54) is 55.3 Å². The second-order valence-corrected chi connectivity index (χ2v) is 12.0. The van der Waals surface area contributed by atoms with Crippen LogP contribution >= 0.6 is 0 Å². The Morgan fingerprint density at radius 3 is 1.80 bits per heavy atom. The summed E-state index contributed by atoms with van der Waals surface area (Å²) >= 11 is 0. The molecule has 0 amide bonds. The van der Waals surface area contributed by atoms with E-state index in [1.807, 2.05) is 12.1 Å². The van der Waals surface area contributed by atoms with Crippen molar-refractivity contribution < 1.29 is 0 Å².